The number of aromatic nitrogens is 2. The summed E-state index contributed by atoms with van der Waals surface area (Å²) in [5, 5.41) is 1.46. The highest BCUT2D eigenvalue weighted by Crippen LogP contribution is 2.21. The van der Waals surface area contributed by atoms with Crippen molar-refractivity contribution in [1.29, 1.82) is 0 Å². The van der Waals surface area contributed by atoms with Crippen molar-refractivity contribution in [3.63, 3.8) is 0 Å². The molecule has 0 radical (unpaired) electrons. The molecule has 6 nitrogen and oxygen atoms in total. The van der Waals surface area contributed by atoms with Crippen LogP contribution in [0.25, 0.3) is 10.9 Å². The second-order valence-corrected chi connectivity index (χ2v) is 8.84. The van der Waals surface area contributed by atoms with Gasteiger partial charge < -0.3 is 9.64 Å². The molecule has 0 unspecified atom stereocenters. The highest BCUT2D eigenvalue weighted by atomic mass is 32.2. The standard InChI is InChI=1S/C25H30N4O2S/c1-3-19-32-25-26-23-8-5-4-7-22(23)24(30)29(25)14-6-13-27-15-17-28(18-16-27)20-9-11-21(31-2)12-10-20/h3-5,7-12H,1,6,13-19H2,2H3. The van der Waals surface area contributed by atoms with Crippen molar-refractivity contribution < 1.29 is 4.74 Å². The van der Waals surface area contributed by atoms with Crippen LogP contribution in [0.4, 0.5) is 5.69 Å². The Morgan fingerprint density at radius 1 is 1.06 bits per heavy atom. The number of nitrogens with zero attached hydrogens (tertiary/aromatic N) is 4. The van der Waals surface area contributed by atoms with Crippen LogP contribution in [-0.4, -0.2) is 60.0 Å². The number of fused-ring (bicyclic) bond motifs is 1. The quantitative estimate of drug-likeness (QED) is 0.280. The zero-order chi connectivity index (χ0) is 22.3. The summed E-state index contributed by atoms with van der Waals surface area (Å²) in [6.45, 7) is 9.50. The Morgan fingerprint density at radius 3 is 2.53 bits per heavy atom. The molecule has 0 atom stereocenters. The van der Waals surface area contributed by atoms with Crippen LogP contribution in [0, 0.1) is 0 Å². The predicted octanol–water partition coefficient (Wildman–Crippen LogP) is 3.90. The van der Waals surface area contributed by atoms with Crippen LogP contribution in [0.2, 0.25) is 0 Å². The van der Waals surface area contributed by atoms with Gasteiger partial charge in [0.25, 0.3) is 5.56 Å². The molecule has 2 heterocycles. The number of ether oxygens (including phenoxy) is 1. The Labute approximate surface area is 193 Å². The lowest BCUT2D eigenvalue weighted by atomic mass is 10.2. The van der Waals surface area contributed by atoms with Crippen molar-refractivity contribution >= 4 is 28.4 Å². The van der Waals surface area contributed by atoms with Crippen molar-refractivity contribution in [3.8, 4) is 5.75 Å². The number of para-hydroxylation sites is 1. The number of thioether (sulfide) groups is 1. The summed E-state index contributed by atoms with van der Waals surface area (Å²) < 4.78 is 7.09. The number of hydrogen-bond donors (Lipinski definition) is 0. The van der Waals surface area contributed by atoms with Gasteiger partial charge in [0.1, 0.15) is 5.75 Å². The Kier molecular flexibility index (Phi) is 7.50. The van der Waals surface area contributed by atoms with Gasteiger partial charge in [-0.25, -0.2) is 4.98 Å². The van der Waals surface area contributed by atoms with Gasteiger partial charge in [0.15, 0.2) is 5.16 Å². The molecule has 0 saturated carbocycles. The van der Waals surface area contributed by atoms with Crippen LogP contribution in [0.1, 0.15) is 6.42 Å². The van der Waals surface area contributed by atoms with Crippen molar-refractivity contribution in [2.45, 2.75) is 18.1 Å². The van der Waals surface area contributed by atoms with Crippen LogP contribution in [0.15, 0.2) is 71.1 Å². The smallest absolute Gasteiger partial charge is 0.262 e. The normalized spacial score (nSPS) is 14.6. The van der Waals surface area contributed by atoms with Gasteiger partial charge in [0, 0.05) is 44.2 Å². The van der Waals surface area contributed by atoms with Crippen LogP contribution in [0.5, 0.6) is 5.75 Å². The van der Waals surface area contributed by atoms with E-state index < -0.39 is 0 Å². The zero-order valence-corrected chi connectivity index (χ0v) is 19.4. The van der Waals surface area contributed by atoms with E-state index in [0.29, 0.717) is 11.9 Å². The van der Waals surface area contributed by atoms with Crippen molar-refractivity contribution in [2.75, 3.05) is 50.5 Å². The average molecular weight is 451 g/mol. The third-order valence-electron chi connectivity index (χ3n) is 5.82. The van der Waals surface area contributed by atoms with Crippen molar-refractivity contribution in [3.05, 3.63) is 71.5 Å². The van der Waals surface area contributed by atoms with E-state index in [1.165, 1.54) is 5.69 Å². The largest absolute Gasteiger partial charge is 0.497 e. The van der Waals surface area contributed by atoms with E-state index in [-0.39, 0.29) is 5.56 Å². The number of hydrogen-bond acceptors (Lipinski definition) is 6. The van der Waals surface area contributed by atoms with E-state index >= 15 is 0 Å². The summed E-state index contributed by atoms with van der Waals surface area (Å²) in [5.41, 5.74) is 2.05. The summed E-state index contributed by atoms with van der Waals surface area (Å²) in [5.74, 6) is 1.62. The highest BCUT2D eigenvalue weighted by molar-refractivity contribution is 7.99. The summed E-state index contributed by atoms with van der Waals surface area (Å²) >= 11 is 1.57. The minimum Gasteiger partial charge on any atom is -0.497 e. The van der Waals surface area contributed by atoms with Gasteiger partial charge in [-0.2, -0.15) is 0 Å². The molecule has 0 amide bonds. The first-order chi connectivity index (χ1) is 15.7. The van der Waals surface area contributed by atoms with E-state index in [1.807, 2.05) is 47.0 Å². The molecule has 7 heteroatoms. The molecule has 4 rings (SSSR count). The number of rotatable bonds is 9. The Bertz CT molecular complexity index is 1110. The Hall–Kier alpha value is -2.77. The maximum absolute atomic E-state index is 13.1. The lowest BCUT2D eigenvalue weighted by Crippen LogP contribution is -2.46. The summed E-state index contributed by atoms with van der Waals surface area (Å²) in [7, 11) is 1.69. The van der Waals surface area contributed by atoms with Gasteiger partial charge in [0.2, 0.25) is 0 Å². The highest BCUT2D eigenvalue weighted by Gasteiger charge is 2.17. The van der Waals surface area contributed by atoms with Crippen LogP contribution in [0.3, 0.4) is 0 Å². The molecule has 0 N–H and O–H groups in total. The zero-order valence-electron chi connectivity index (χ0n) is 18.6. The first kappa shape index (κ1) is 22.4. The SMILES string of the molecule is C=CCSc1nc2ccccc2c(=O)n1CCCN1CCN(c2ccc(OC)cc2)CC1. The lowest BCUT2D eigenvalue weighted by molar-refractivity contribution is 0.249. The molecule has 0 bridgehead atoms. The third kappa shape index (κ3) is 5.16. The molecule has 1 aromatic heterocycles. The van der Waals surface area contributed by atoms with Gasteiger partial charge in [-0.3, -0.25) is 14.3 Å². The van der Waals surface area contributed by atoms with Gasteiger partial charge in [0.05, 0.1) is 18.0 Å². The van der Waals surface area contributed by atoms with Crippen LogP contribution < -0.4 is 15.2 Å². The molecule has 1 aliphatic rings. The first-order valence-corrected chi connectivity index (χ1v) is 12.0. The first-order valence-electron chi connectivity index (χ1n) is 11.0. The number of benzene rings is 2. The molecule has 2 aromatic carbocycles. The molecule has 0 spiro atoms. The summed E-state index contributed by atoms with van der Waals surface area (Å²) in [6.07, 6.45) is 2.77. The maximum atomic E-state index is 13.1. The average Bonchev–Trinajstić information content (AvgIpc) is 2.85. The van der Waals surface area contributed by atoms with E-state index in [0.717, 1.165) is 61.3 Å². The van der Waals surface area contributed by atoms with Gasteiger partial charge in [-0.05, 0) is 49.4 Å². The minimum atomic E-state index is 0.0477. The molecule has 1 fully saturated rings. The molecule has 1 aliphatic heterocycles. The van der Waals surface area contributed by atoms with E-state index in [4.69, 9.17) is 9.72 Å². The lowest BCUT2D eigenvalue weighted by Gasteiger charge is -2.36. The molecule has 0 aliphatic carbocycles. The fraction of sp³-hybridized carbons (Fsp3) is 0.360. The molecule has 32 heavy (non-hydrogen) atoms. The molecule has 3 aromatic rings. The number of piperazine rings is 1. The van der Waals surface area contributed by atoms with Gasteiger partial charge in [-0.15, -0.1) is 6.58 Å². The van der Waals surface area contributed by atoms with Crippen molar-refractivity contribution in [1.82, 2.24) is 14.5 Å². The molecular weight excluding hydrogens is 420 g/mol. The third-order valence-corrected chi connectivity index (χ3v) is 6.80. The monoisotopic (exact) mass is 450 g/mol. The molecular formula is C25H30N4O2S. The maximum Gasteiger partial charge on any atom is 0.262 e. The minimum absolute atomic E-state index is 0.0477. The topological polar surface area (TPSA) is 50.6 Å². The van der Waals surface area contributed by atoms with E-state index in [9.17, 15) is 4.79 Å². The van der Waals surface area contributed by atoms with E-state index in [1.54, 1.807) is 18.9 Å². The number of methoxy groups -OCH3 is 1. The summed E-state index contributed by atoms with van der Waals surface area (Å²) in [4.78, 5) is 22.7. The second kappa shape index (κ2) is 10.7. The molecule has 1 saturated heterocycles. The Morgan fingerprint density at radius 2 is 1.81 bits per heavy atom. The van der Waals surface area contributed by atoms with Gasteiger partial charge in [-0.1, -0.05) is 30.0 Å². The second-order valence-electron chi connectivity index (χ2n) is 7.85. The van der Waals surface area contributed by atoms with Crippen LogP contribution in [-0.2, 0) is 6.54 Å². The number of anilines is 1. The summed E-state index contributed by atoms with van der Waals surface area (Å²) in [6, 6.07) is 15.9. The molecule has 168 valence electrons. The fourth-order valence-electron chi connectivity index (χ4n) is 4.06. The Balaban J connectivity index is 1.35. The predicted molar refractivity (Wildman–Crippen MR) is 133 cm³/mol. The van der Waals surface area contributed by atoms with E-state index in [2.05, 4.69) is 28.5 Å². The van der Waals surface area contributed by atoms with Gasteiger partial charge >= 0.3 is 0 Å². The van der Waals surface area contributed by atoms with Crippen molar-refractivity contribution in [2.24, 2.45) is 0 Å². The van der Waals surface area contributed by atoms with Crippen LogP contribution >= 0.6 is 11.8 Å². The fourth-order valence-corrected chi connectivity index (χ4v) is 4.82.